The van der Waals surface area contributed by atoms with Crippen LogP contribution >= 0.6 is 0 Å². The minimum Gasteiger partial charge on any atom is -0.480 e. The zero-order valence-corrected chi connectivity index (χ0v) is 12.9. The standard InChI is InChI=1S/C14H25N5O2/c1-14(2,3)19-9-7-11(16)18-13(19)17-8-5-4-6-10(15)12(20)21/h7,9-10H,4-6,8,15H2,1-3H3,(H,20,21)(H2,16,17,18). The number of carboxylic acids is 1. The van der Waals surface area contributed by atoms with Gasteiger partial charge in [0.1, 0.15) is 11.9 Å². The van der Waals surface area contributed by atoms with Gasteiger partial charge in [-0.3, -0.25) is 9.79 Å². The quantitative estimate of drug-likeness (QED) is 0.667. The number of anilines is 1. The van der Waals surface area contributed by atoms with Crippen molar-refractivity contribution < 1.29 is 9.90 Å². The molecule has 1 aromatic rings. The molecule has 0 aliphatic rings. The molecule has 0 aliphatic heterocycles. The van der Waals surface area contributed by atoms with E-state index < -0.39 is 12.0 Å². The molecule has 0 saturated carbocycles. The monoisotopic (exact) mass is 295 g/mol. The zero-order valence-electron chi connectivity index (χ0n) is 12.9. The van der Waals surface area contributed by atoms with E-state index in [-0.39, 0.29) is 5.54 Å². The highest BCUT2D eigenvalue weighted by Gasteiger charge is 2.13. The number of nitrogen functional groups attached to an aromatic ring is 1. The second-order valence-corrected chi connectivity index (χ2v) is 6.02. The van der Waals surface area contributed by atoms with E-state index in [2.05, 4.69) is 30.7 Å². The van der Waals surface area contributed by atoms with Gasteiger partial charge < -0.3 is 21.1 Å². The lowest BCUT2D eigenvalue weighted by molar-refractivity contribution is -0.138. The van der Waals surface area contributed by atoms with Gasteiger partial charge in [-0.2, -0.15) is 4.98 Å². The first-order valence-corrected chi connectivity index (χ1v) is 7.06. The molecule has 0 fully saturated rings. The molecular weight excluding hydrogens is 270 g/mol. The number of aromatic nitrogens is 2. The fraction of sp³-hybridized carbons (Fsp3) is 0.643. The molecular formula is C14H25N5O2. The second-order valence-electron chi connectivity index (χ2n) is 6.02. The Hall–Kier alpha value is -1.89. The smallest absolute Gasteiger partial charge is 0.320 e. The average Bonchev–Trinajstić information content (AvgIpc) is 2.36. The number of nitrogens with two attached hydrogens (primary N) is 2. The van der Waals surface area contributed by atoms with Crippen LogP contribution in [0, 0.1) is 0 Å². The van der Waals surface area contributed by atoms with Crippen LogP contribution in [0.5, 0.6) is 0 Å². The molecule has 0 saturated heterocycles. The molecule has 1 rings (SSSR count). The molecule has 0 aromatic carbocycles. The maximum Gasteiger partial charge on any atom is 0.320 e. The summed E-state index contributed by atoms with van der Waals surface area (Å²) in [5.74, 6) is -0.530. The van der Waals surface area contributed by atoms with Crippen LogP contribution in [0.1, 0.15) is 40.0 Å². The van der Waals surface area contributed by atoms with Crippen LogP contribution in [0.4, 0.5) is 5.82 Å². The SMILES string of the molecule is CC(C)(C)n1ccc(N)nc1=NCCCCC(N)C(=O)O. The van der Waals surface area contributed by atoms with E-state index in [1.807, 2.05) is 10.8 Å². The minimum absolute atomic E-state index is 0.134. The van der Waals surface area contributed by atoms with Crippen molar-refractivity contribution in [1.82, 2.24) is 9.55 Å². The van der Waals surface area contributed by atoms with Gasteiger partial charge in [-0.15, -0.1) is 0 Å². The number of hydrogen-bond acceptors (Lipinski definition) is 5. The fourth-order valence-corrected chi connectivity index (χ4v) is 1.84. The van der Waals surface area contributed by atoms with Crippen molar-refractivity contribution in [3.05, 3.63) is 17.9 Å². The van der Waals surface area contributed by atoms with Crippen molar-refractivity contribution in [3.63, 3.8) is 0 Å². The summed E-state index contributed by atoms with van der Waals surface area (Å²) >= 11 is 0. The van der Waals surface area contributed by atoms with Gasteiger partial charge in [-0.25, -0.2) is 0 Å². The molecule has 1 unspecified atom stereocenters. The predicted molar refractivity (Wildman–Crippen MR) is 81.5 cm³/mol. The van der Waals surface area contributed by atoms with Gasteiger partial charge in [-0.05, 0) is 46.1 Å². The largest absolute Gasteiger partial charge is 0.480 e. The summed E-state index contributed by atoms with van der Waals surface area (Å²) in [6.45, 7) is 6.76. The van der Waals surface area contributed by atoms with Crippen molar-refractivity contribution in [2.24, 2.45) is 10.7 Å². The first kappa shape index (κ1) is 17.2. The number of unbranched alkanes of at least 4 members (excludes halogenated alkanes) is 1. The van der Waals surface area contributed by atoms with Crippen LogP contribution in [0.2, 0.25) is 0 Å². The molecule has 21 heavy (non-hydrogen) atoms. The molecule has 0 aliphatic carbocycles. The summed E-state index contributed by atoms with van der Waals surface area (Å²) in [6.07, 6.45) is 3.81. The molecule has 1 aromatic heterocycles. The molecule has 0 bridgehead atoms. The summed E-state index contributed by atoms with van der Waals surface area (Å²) in [6, 6.07) is 0.950. The first-order chi connectivity index (χ1) is 9.71. The number of hydrogen-bond donors (Lipinski definition) is 3. The minimum atomic E-state index is -0.963. The van der Waals surface area contributed by atoms with E-state index in [0.29, 0.717) is 24.4 Å². The van der Waals surface area contributed by atoms with Crippen LogP contribution in [0.3, 0.4) is 0 Å². The van der Waals surface area contributed by atoms with Crippen LogP contribution in [0.15, 0.2) is 17.3 Å². The van der Waals surface area contributed by atoms with Crippen LogP contribution in [-0.2, 0) is 10.3 Å². The molecule has 1 heterocycles. The van der Waals surface area contributed by atoms with Crippen LogP contribution in [0.25, 0.3) is 0 Å². The highest BCUT2D eigenvalue weighted by Crippen LogP contribution is 2.10. The van der Waals surface area contributed by atoms with Gasteiger partial charge in [0.2, 0.25) is 5.62 Å². The number of carboxylic acid groups (broad SMARTS) is 1. The first-order valence-electron chi connectivity index (χ1n) is 7.06. The second kappa shape index (κ2) is 7.21. The van der Waals surface area contributed by atoms with E-state index in [4.69, 9.17) is 16.6 Å². The third kappa shape index (κ3) is 5.55. The Labute approximate surface area is 124 Å². The van der Waals surface area contributed by atoms with Crippen LogP contribution < -0.4 is 17.1 Å². The van der Waals surface area contributed by atoms with Gasteiger partial charge in [0, 0.05) is 18.3 Å². The van der Waals surface area contributed by atoms with Crippen molar-refractivity contribution >= 4 is 11.8 Å². The molecule has 118 valence electrons. The maximum absolute atomic E-state index is 10.6. The van der Waals surface area contributed by atoms with Crippen LogP contribution in [-0.4, -0.2) is 33.2 Å². The van der Waals surface area contributed by atoms with Gasteiger partial charge in [-0.1, -0.05) is 0 Å². The third-order valence-electron chi connectivity index (χ3n) is 3.06. The molecule has 0 amide bonds. The van der Waals surface area contributed by atoms with Gasteiger partial charge in [0.15, 0.2) is 0 Å². The highest BCUT2D eigenvalue weighted by molar-refractivity contribution is 5.72. The normalized spacial score (nSPS) is 14.2. The molecule has 5 N–H and O–H groups in total. The Balaban J connectivity index is 2.68. The topological polar surface area (TPSA) is 120 Å². The number of carbonyl (C=O) groups is 1. The van der Waals surface area contributed by atoms with Gasteiger partial charge in [0.05, 0.1) is 0 Å². The van der Waals surface area contributed by atoms with Crippen molar-refractivity contribution in [2.75, 3.05) is 12.3 Å². The molecule has 0 spiro atoms. The molecule has 1 atom stereocenters. The summed E-state index contributed by atoms with van der Waals surface area (Å²) in [4.78, 5) is 19.3. The average molecular weight is 295 g/mol. The van der Waals surface area contributed by atoms with E-state index in [1.54, 1.807) is 6.07 Å². The number of rotatable bonds is 6. The lowest BCUT2D eigenvalue weighted by Gasteiger charge is -2.23. The number of nitrogens with zero attached hydrogens (tertiary/aromatic N) is 3. The Bertz CT molecular complexity index is 545. The summed E-state index contributed by atoms with van der Waals surface area (Å²) in [7, 11) is 0. The third-order valence-corrected chi connectivity index (χ3v) is 3.06. The van der Waals surface area contributed by atoms with Crippen molar-refractivity contribution in [2.45, 2.75) is 51.6 Å². The fourth-order valence-electron chi connectivity index (χ4n) is 1.84. The highest BCUT2D eigenvalue weighted by atomic mass is 16.4. The summed E-state index contributed by atoms with van der Waals surface area (Å²) < 4.78 is 1.96. The Morgan fingerprint density at radius 2 is 2.14 bits per heavy atom. The Morgan fingerprint density at radius 1 is 1.48 bits per heavy atom. The van der Waals surface area contributed by atoms with E-state index in [1.165, 1.54) is 0 Å². The Kier molecular flexibility index (Phi) is 5.90. The van der Waals surface area contributed by atoms with Gasteiger partial charge >= 0.3 is 5.97 Å². The molecule has 7 nitrogen and oxygen atoms in total. The molecule has 7 heteroatoms. The summed E-state index contributed by atoms with van der Waals surface area (Å²) in [5.41, 5.74) is 11.6. The maximum atomic E-state index is 10.6. The summed E-state index contributed by atoms with van der Waals surface area (Å²) in [5, 5.41) is 8.70. The molecule has 0 radical (unpaired) electrons. The van der Waals surface area contributed by atoms with E-state index in [9.17, 15) is 4.79 Å². The Morgan fingerprint density at radius 3 is 2.71 bits per heavy atom. The number of aliphatic carboxylic acids is 1. The van der Waals surface area contributed by atoms with E-state index >= 15 is 0 Å². The van der Waals surface area contributed by atoms with Gasteiger partial charge in [0.25, 0.3) is 0 Å². The lowest BCUT2D eigenvalue weighted by atomic mass is 10.1. The van der Waals surface area contributed by atoms with Crippen molar-refractivity contribution in [3.8, 4) is 0 Å². The van der Waals surface area contributed by atoms with E-state index in [0.717, 1.165) is 12.8 Å². The van der Waals surface area contributed by atoms with Crippen molar-refractivity contribution in [1.29, 1.82) is 0 Å². The zero-order chi connectivity index (χ0) is 16.0. The lowest BCUT2D eigenvalue weighted by Crippen LogP contribution is -2.36. The predicted octanol–water partition coefficient (Wildman–Crippen LogP) is 0.703.